The molecule has 106 valence electrons. The lowest BCUT2D eigenvalue weighted by molar-refractivity contribution is 0.101. The molecule has 0 aliphatic carbocycles. The second-order valence-corrected chi connectivity index (χ2v) is 4.25. The van der Waals surface area contributed by atoms with E-state index >= 15 is 0 Å². The van der Waals surface area contributed by atoms with Gasteiger partial charge in [0.1, 0.15) is 11.6 Å². The summed E-state index contributed by atoms with van der Waals surface area (Å²) in [6, 6.07) is 7.42. The fourth-order valence-corrected chi connectivity index (χ4v) is 1.73. The minimum atomic E-state index is -0.541. The van der Waals surface area contributed by atoms with Gasteiger partial charge in [0.05, 0.1) is 5.56 Å². The minimum absolute atomic E-state index is 0.00991. The number of anilines is 1. The van der Waals surface area contributed by atoms with Crippen LogP contribution in [0.4, 0.5) is 10.3 Å². The SMILES string of the molecule is Cc1nc(NC(=O)c2cc(-c3ccccc3F)on2)n[nH]1. The number of rotatable bonds is 3. The van der Waals surface area contributed by atoms with Crippen LogP contribution in [-0.4, -0.2) is 26.2 Å². The van der Waals surface area contributed by atoms with Crippen LogP contribution >= 0.6 is 0 Å². The fraction of sp³-hybridized carbons (Fsp3) is 0.0769. The van der Waals surface area contributed by atoms with Crippen molar-refractivity contribution in [3.05, 3.63) is 47.7 Å². The number of nitrogens with one attached hydrogen (secondary N) is 2. The number of aromatic amines is 1. The Morgan fingerprint density at radius 3 is 2.90 bits per heavy atom. The number of carbonyl (C=O) groups excluding carboxylic acids is 1. The Kier molecular flexibility index (Phi) is 3.19. The molecule has 3 aromatic rings. The van der Waals surface area contributed by atoms with Crippen LogP contribution in [0, 0.1) is 12.7 Å². The molecule has 0 saturated carbocycles. The van der Waals surface area contributed by atoms with Gasteiger partial charge >= 0.3 is 0 Å². The normalized spacial score (nSPS) is 10.6. The van der Waals surface area contributed by atoms with Gasteiger partial charge in [-0.25, -0.2) is 4.39 Å². The van der Waals surface area contributed by atoms with Crippen LogP contribution < -0.4 is 5.32 Å². The average Bonchev–Trinajstić information content (AvgIpc) is 3.09. The number of aromatic nitrogens is 4. The van der Waals surface area contributed by atoms with Crippen molar-refractivity contribution >= 4 is 11.9 Å². The third-order valence-electron chi connectivity index (χ3n) is 2.70. The molecule has 21 heavy (non-hydrogen) atoms. The molecule has 0 unspecified atom stereocenters. The van der Waals surface area contributed by atoms with Gasteiger partial charge < -0.3 is 4.52 Å². The molecule has 2 N–H and O–H groups in total. The van der Waals surface area contributed by atoms with E-state index in [9.17, 15) is 9.18 Å². The maximum Gasteiger partial charge on any atom is 0.280 e. The summed E-state index contributed by atoms with van der Waals surface area (Å²) >= 11 is 0. The molecule has 2 heterocycles. The second kappa shape index (κ2) is 5.16. The molecular weight excluding hydrogens is 277 g/mol. The lowest BCUT2D eigenvalue weighted by atomic mass is 10.1. The number of carbonyl (C=O) groups is 1. The zero-order valence-electron chi connectivity index (χ0n) is 10.9. The summed E-state index contributed by atoms with van der Waals surface area (Å²) in [5.74, 6) is -0.125. The van der Waals surface area contributed by atoms with Crippen molar-refractivity contribution in [1.29, 1.82) is 0 Å². The topological polar surface area (TPSA) is 96.7 Å². The first-order valence-corrected chi connectivity index (χ1v) is 6.05. The van der Waals surface area contributed by atoms with Crippen molar-refractivity contribution < 1.29 is 13.7 Å². The summed E-state index contributed by atoms with van der Waals surface area (Å²) < 4.78 is 18.6. The zero-order chi connectivity index (χ0) is 14.8. The number of nitrogens with zero attached hydrogens (tertiary/aromatic N) is 3. The van der Waals surface area contributed by atoms with Gasteiger partial charge in [0.25, 0.3) is 5.91 Å². The van der Waals surface area contributed by atoms with E-state index < -0.39 is 11.7 Å². The highest BCUT2D eigenvalue weighted by Crippen LogP contribution is 2.23. The lowest BCUT2D eigenvalue weighted by Crippen LogP contribution is -2.13. The molecule has 1 amide bonds. The van der Waals surface area contributed by atoms with Gasteiger partial charge in [0, 0.05) is 6.07 Å². The number of halogens is 1. The van der Waals surface area contributed by atoms with Crippen LogP contribution in [0.15, 0.2) is 34.9 Å². The van der Waals surface area contributed by atoms with E-state index in [1.165, 1.54) is 18.2 Å². The van der Waals surface area contributed by atoms with Crippen molar-refractivity contribution in [2.24, 2.45) is 0 Å². The molecule has 7 nitrogen and oxygen atoms in total. The lowest BCUT2D eigenvalue weighted by Gasteiger charge is -1.96. The second-order valence-electron chi connectivity index (χ2n) is 4.25. The van der Waals surface area contributed by atoms with Crippen LogP contribution in [0.2, 0.25) is 0 Å². The summed E-state index contributed by atoms with van der Waals surface area (Å²) in [4.78, 5) is 15.9. The predicted molar refractivity (Wildman–Crippen MR) is 71.0 cm³/mol. The van der Waals surface area contributed by atoms with Gasteiger partial charge in [-0.05, 0) is 19.1 Å². The maximum atomic E-state index is 13.6. The molecule has 3 rings (SSSR count). The van der Waals surface area contributed by atoms with Crippen molar-refractivity contribution in [3.63, 3.8) is 0 Å². The Morgan fingerprint density at radius 1 is 1.38 bits per heavy atom. The molecule has 0 radical (unpaired) electrons. The molecule has 1 aromatic carbocycles. The van der Waals surface area contributed by atoms with Gasteiger partial charge in [-0.3, -0.25) is 15.2 Å². The third kappa shape index (κ3) is 2.64. The van der Waals surface area contributed by atoms with Gasteiger partial charge in [0.2, 0.25) is 5.95 Å². The highest BCUT2D eigenvalue weighted by atomic mass is 19.1. The average molecular weight is 287 g/mol. The summed E-state index contributed by atoms with van der Waals surface area (Å²) in [5.41, 5.74) is 0.244. The van der Waals surface area contributed by atoms with Crippen LogP contribution in [0.25, 0.3) is 11.3 Å². The van der Waals surface area contributed by atoms with Gasteiger partial charge in [-0.1, -0.05) is 17.3 Å². The van der Waals surface area contributed by atoms with E-state index in [0.717, 1.165) is 0 Å². The molecular formula is C13H10FN5O2. The predicted octanol–water partition coefficient (Wildman–Crippen LogP) is 2.16. The zero-order valence-corrected chi connectivity index (χ0v) is 10.9. The van der Waals surface area contributed by atoms with E-state index in [1.54, 1.807) is 19.1 Å². The Balaban J connectivity index is 1.82. The fourth-order valence-electron chi connectivity index (χ4n) is 1.73. The summed E-state index contributed by atoms with van der Waals surface area (Å²) in [6.07, 6.45) is 0. The van der Waals surface area contributed by atoms with E-state index in [0.29, 0.717) is 5.82 Å². The summed E-state index contributed by atoms with van der Waals surface area (Å²) in [7, 11) is 0. The van der Waals surface area contributed by atoms with Crippen LogP contribution in [0.5, 0.6) is 0 Å². The summed E-state index contributed by atoms with van der Waals surface area (Å²) in [5, 5.41) is 12.4. The number of hydrogen-bond acceptors (Lipinski definition) is 5. The van der Waals surface area contributed by atoms with Crippen LogP contribution in [0.3, 0.4) is 0 Å². The van der Waals surface area contributed by atoms with E-state index in [1.807, 2.05) is 0 Å². The number of aryl methyl sites for hydroxylation is 1. The van der Waals surface area contributed by atoms with Crippen molar-refractivity contribution in [3.8, 4) is 11.3 Å². The molecule has 0 bridgehead atoms. The van der Waals surface area contributed by atoms with Gasteiger partial charge in [-0.2, -0.15) is 4.98 Å². The first-order valence-electron chi connectivity index (χ1n) is 6.05. The molecule has 0 fully saturated rings. The standard InChI is InChI=1S/C13H10FN5O2/c1-7-15-13(18-17-7)16-12(20)10-6-11(21-19-10)8-4-2-3-5-9(8)14/h2-6H,1H3,(H2,15,16,17,18,20). The van der Waals surface area contributed by atoms with Crippen molar-refractivity contribution in [1.82, 2.24) is 20.3 Å². The molecule has 2 aromatic heterocycles. The van der Waals surface area contributed by atoms with Crippen molar-refractivity contribution in [2.75, 3.05) is 5.32 Å². The number of benzene rings is 1. The smallest absolute Gasteiger partial charge is 0.280 e. The first-order chi connectivity index (χ1) is 10.1. The van der Waals surface area contributed by atoms with Gasteiger partial charge in [0.15, 0.2) is 11.5 Å². The molecule has 0 aliphatic rings. The maximum absolute atomic E-state index is 13.6. The quantitative estimate of drug-likeness (QED) is 0.769. The first kappa shape index (κ1) is 13.0. The van der Waals surface area contributed by atoms with E-state index in [4.69, 9.17) is 4.52 Å². The Morgan fingerprint density at radius 2 is 2.19 bits per heavy atom. The molecule has 0 atom stereocenters. The van der Waals surface area contributed by atoms with E-state index in [2.05, 4.69) is 25.7 Å². The minimum Gasteiger partial charge on any atom is -0.355 e. The van der Waals surface area contributed by atoms with Crippen LogP contribution in [0.1, 0.15) is 16.3 Å². The summed E-state index contributed by atoms with van der Waals surface area (Å²) in [6.45, 7) is 1.70. The molecule has 0 spiro atoms. The Hall–Kier alpha value is -3.03. The third-order valence-corrected chi connectivity index (χ3v) is 2.70. The Bertz CT molecular complexity index is 795. The largest absolute Gasteiger partial charge is 0.355 e. The van der Waals surface area contributed by atoms with Crippen LogP contribution in [-0.2, 0) is 0 Å². The van der Waals surface area contributed by atoms with Crippen molar-refractivity contribution in [2.45, 2.75) is 6.92 Å². The molecule has 8 heteroatoms. The van der Waals surface area contributed by atoms with E-state index in [-0.39, 0.29) is 23.0 Å². The number of H-pyrrole nitrogens is 1. The highest BCUT2D eigenvalue weighted by Gasteiger charge is 2.17. The molecule has 0 saturated heterocycles. The highest BCUT2D eigenvalue weighted by molar-refractivity contribution is 6.02. The Labute approximate surface area is 118 Å². The monoisotopic (exact) mass is 287 g/mol. The molecule has 0 aliphatic heterocycles. The number of hydrogen-bond donors (Lipinski definition) is 2. The number of amides is 1. The van der Waals surface area contributed by atoms with Gasteiger partial charge in [-0.15, -0.1) is 5.10 Å².